The fraction of sp³-hybridized carbons (Fsp3) is 0.613. The van der Waals surface area contributed by atoms with Crippen LogP contribution in [0, 0.1) is 0 Å². The number of hydrogen-bond donors (Lipinski definition) is 0. The van der Waals surface area contributed by atoms with E-state index in [-0.39, 0.29) is 33.8 Å². The Morgan fingerprint density at radius 3 is 1.24 bits per heavy atom. The van der Waals surface area contributed by atoms with Gasteiger partial charge in [-0.15, -0.1) is 0 Å². The molecule has 1 aliphatic carbocycles. The van der Waals surface area contributed by atoms with Crippen LogP contribution in [0.5, 0.6) is 0 Å². The maximum Gasteiger partial charge on any atom is 0.154 e. The molecule has 2 bridgehead atoms. The first kappa shape index (κ1) is 28.4. The van der Waals surface area contributed by atoms with Crippen molar-refractivity contribution in [1.29, 1.82) is 0 Å². The van der Waals surface area contributed by atoms with E-state index in [1.165, 1.54) is 11.1 Å². The highest BCUT2D eigenvalue weighted by Gasteiger charge is 2.28. The number of sulfone groups is 2. The van der Waals surface area contributed by atoms with E-state index in [1.54, 1.807) is 0 Å². The predicted molar refractivity (Wildman–Crippen MR) is 154 cm³/mol. The van der Waals surface area contributed by atoms with E-state index in [0.29, 0.717) is 19.3 Å². The van der Waals surface area contributed by atoms with Crippen molar-refractivity contribution in [3.05, 3.63) is 68.8 Å². The fourth-order valence-electron chi connectivity index (χ4n) is 5.75. The summed E-state index contributed by atoms with van der Waals surface area (Å²) in [4.78, 5) is 0. The average Bonchev–Trinajstić information content (AvgIpc) is 2.93. The van der Waals surface area contributed by atoms with Crippen LogP contribution in [0.1, 0.15) is 112 Å². The van der Waals surface area contributed by atoms with Crippen molar-refractivity contribution in [3.63, 3.8) is 0 Å². The third kappa shape index (κ3) is 6.86. The standard InChI is InChI=1S/C31H44O4S2/c1-30(2,3)26-16-22-15-23-17-27(31(4,5)6)19-25-21-37(34,35)14-10-8-7-9-13-36(32,33)20-24(18-26)28(22)11-12-29(23)25/h16-19H,7-15,20-21H2,1-6H3. The third-order valence-electron chi connectivity index (χ3n) is 8.02. The van der Waals surface area contributed by atoms with Gasteiger partial charge >= 0.3 is 0 Å². The minimum absolute atomic E-state index is 0.0874. The molecule has 4 rings (SSSR count). The number of fused-ring (bicyclic) bond motifs is 1. The third-order valence-corrected chi connectivity index (χ3v) is 11.3. The molecule has 1 aliphatic heterocycles. The molecule has 2 aromatic rings. The van der Waals surface area contributed by atoms with Crippen LogP contribution >= 0.6 is 0 Å². The molecule has 0 unspecified atom stereocenters. The second-order valence-electron chi connectivity index (χ2n) is 13.3. The zero-order chi connectivity index (χ0) is 27.2. The Morgan fingerprint density at radius 2 is 0.892 bits per heavy atom. The molecule has 0 amide bonds. The van der Waals surface area contributed by atoms with E-state index in [9.17, 15) is 16.8 Å². The summed E-state index contributed by atoms with van der Waals surface area (Å²) in [6.07, 6.45) is 4.83. The van der Waals surface area contributed by atoms with E-state index < -0.39 is 19.7 Å². The van der Waals surface area contributed by atoms with Gasteiger partial charge < -0.3 is 0 Å². The molecular formula is C31H44O4S2. The lowest BCUT2D eigenvalue weighted by Crippen LogP contribution is -2.17. The summed E-state index contributed by atoms with van der Waals surface area (Å²) in [5, 5.41) is 0. The Hall–Kier alpha value is -1.66. The summed E-state index contributed by atoms with van der Waals surface area (Å²) in [6, 6.07) is 8.80. The molecule has 0 fully saturated rings. The minimum atomic E-state index is -3.26. The van der Waals surface area contributed by atoms with Crippen molar-refractivity contribution < 1.29 is 16.8 Å². The number of rotatable bonds is 0. The Bertz CT molecular complexity index is 1280. The minimum Gasteiger partial charge on any atom is -0.228 e. The first-order chi connectivity index (χ1) is 17.0. The fourth-order valence-corrected chi connectivity index (χ4v) is 8.79. The summed E-state index contributed by atoms with van der Waals surface area (Å²) in [5.41, 5.74) is 8.67. The van der Waals surface area contributed by atoms with Crippen molar-refractivity contribution in [2.24, 2.45) is 0 Å². The molecule has 1 heterocycles. The van der Waals surface area contributed by atoms with Crippen LogP contribution < -0.4 is 0 Å². The van der Waals surface area contributed by atoms with Crippen LogP contribution in [0.2, 0.25) is 0 Å². The Morgan fingerprint density at radius 1 is 0.541 bits per heavy atom. The van der Waals surface area contributed by atoms with Gasteiger partial charge in [0.25, 0.3) is 0 Å². The lowest BCUT2D eigenvalue weighted by atomic mass is 9.81. The van der Waals surface area contributed by atoms with E-state index in [4.69, 9.17) is 0 Å². The molecule has 37 heavy (non-hydrogen) atoms. The van der Waals surface area contributed by atoms with Crippen LogP contribution in [0.4, 0.5) is 0 Å². The summed E-state index contributed by atoms with van der Waals surface area (Å²) >= 11 is 0. The molecular weight excluding hydrogens is 500 g/mol. The first-order valence-electron chi connectivity index (χ1n) is 13.8. The van der Waals surface area contributed by atoms with Gasteiger partial charge in [0.15, 0.2) is 19.7 Å². The second-order valence-corrected chi connectivity index (χ2v) is 17.7. The number of hydrogen-bond acceptors (Lipinski definition) is 4. The van der Waals surface area contributed by atoms with Gasteiger partial charge in [0, 0.05) is 0 Å². The smallest absolute Gasteiger partial charge is 0.154 e. The second kappa shape index (κ2) is 10.1. The van der Waals surface area contributed by atoms with Gasteiger partial charge in [0.1, 0.15) is 0 Å². The van der Waals surface area contributed by atoms with Crippen LogP contribution in [0.25, 0.3) is 0 Å². The van der Waals surface area contributed by atoms with E-state index >= 15 is 0 Å². The lowest BCUT2D eigenvalue weighted by Gasteiger charge is -2.24. The van der Waals surface area contributed by atoms with Crippen LogP contribution in [0.3, 0.4) is 0 Å². The number of benzene rings is 2. The normalized spacial score (nSPS) is 20.4. The molecule has 0 radical (unpaired) electrons. The van der Waals surface area contributed by atoms with Crippen molar-refractivity contribution in [1.82, 2.24) is 0 Å². The summed E-state index contributed by atoms with van der Waals surface area (Å²) < 4.78 is 52.8. The highest BCUT2D eigenvalue weighted by atomic mass is 32.2. The average molecular weight is 545 g/mol. The molecule has 0 saturated heterocycles. The van der Waals surface area contributed by atoms with Crippen molar-refractivity contribution in [2.75, 3.05) is 11.5 Å². The van der Waals surface area contributed by atoms with E-state index in [0.717, 1.165) is 59.1 Å². The van der Waals surface area contributed by atoms with Crippen LogP contribution in [-0.2, 0) is 61.3 Å². The summed E-state index contributed by atoms with van der Waals surface area (Å²) in [7, 11) is -6.52. The quantitative estimate of drug-likeness (QED) is 0.386. The molecule has 2 aliphatic rings. The molecule has 0 atom stereocenters. The molecule has 0 aromatic heterocycles. The van der Waals surface area contributed by atoms with E-state index in [2.05, 4.69) is 65.8 Å². The molecule has 204 valence electrons. The molecule has 0 spiro atoms. The van der Waals surface area contributed by atoms with Crippen LogP contribution in [0.15, 0.2) is 24.3 Å². The van der Waals surface area contributed by atoms with Gasteiger partial charge in [-0.2, -0.15) is 0 Å². The summed E-state index contributed by atoms with van der Waals surface area (Å²) in [6.45, 7) is 13.0. The Labute approximate surface area is 225 Å². The SMILES string of the molecule is CC(C)(C)c1cc2c3c(c1)CS(=O)(=O)CCCCCCS(=O)(=O)Cc1cc(C(C)(C)C)cc(c1CC3)C2. The van der Waals surface area contributed by atoms with Crippen molar-refractivity contribution in [2.45, 2.75) is 109 Å². The highest BCUT2D eigenvalue weighted by Crippen LogP contribution is 2.37. The molecule has 0 saturated carbocycles. The highest BCUT2D eigenvalue weighted by molar-refractivity contribution is 7.90. The van der Waals surface area contributed by atoms with Crippen molar-refractivity contribution in [3.8, 4) is 0 Å². The van der Waals surface area contributed by atoms with Gasteiger partial charge in [-0.05, 0) is 87.4 Å². The van der Waals surface area contributed by atoms with Crippen molar-refractivity contribution >= 4 is 19.7 Å². The molecule has 2 aromatic carbocycles. The zero-order valence-corrected chi connectivity index (χ0v) is 25.2. The maximum atomic E-state index is 13.2. The molecule has 0 N–H and O–H groups in total. The van der Waals surface area contributed by atoms with Gasteiger partial charge in [0.2, 0.25) is 0 Å². The van der Waals surface area contributed by atoms with Gasteiger partial charge in [-0.1, -0.05) is 78.6 Å². The lowest BCUT2D eigenvalue weighted by molar-refractivity contribution is 0.578. The Balaban J connectivity index is 1.95. The maximum absolute atomic E-state index is 13.2. The largest absolute Gasteiger partial charge is 0.228 e. The van der Waals surface area contributed by atoms with Crippen LogP contribution in [-0.4, -0.2) is 28.3 Å². The Kier molecular flexibility index (Phi) is 7.77. The molecule has 4 nitrogen and oxygen atoms in total. The predicted octanol–water partition coefficient (Wildman–Crippen LogP) is 6.37. The summed E-state index contributed by atoms with van der Waals surface area (Å²) in [5.74, 6) is 0.495. The van der Waals surface area contributed by atoms with Gasteiger partial charge in [-0.3, -0.25) is 0 Å². The molecule has 6 heteroatoms. The van der Waals surface area contributed by atoms with E-state index in [1.807, 2.05) is 0 Å². The monoisotopic (exact) mass is 544 g/mol. The topological polar surface area (TPSA) is 68.3 Å². The van der Waals surface area contributed by atoms with Gasteiger partial charge in [0.05, 0.1) is 23.0 Å². The zero-order valence-electron chi connectivity index (χ0n) is 23.5. The van der Waals surface area contributed by atoms with Gasteiger partial charge in [-0.25, -0.2) is 16.8 Å². The first-order valence-corrected chi connectivity index (χ1v) is 17.4.